The maximum absolute atomic E-state index is 5.25. The van der Waals surface area contributed by atoms with Crippen LogP contribution >= 0.6 is 0 Å². The van der Waals surface area contributed by atoms with Crippen molar-refractivity contribution in [1.82, 2.24) is 29.1 Å². The fourth-order valence-corrected chi connectivity index (χ4v) is 14.9. The average Bonchev–Trinajstić information content (AvgIpc) is 1.29. The van der Waals surface area contributed by atoms with Gasteiger partial charge in [0.2, 0.25) is 0 Å². The predicted octanol–water partition coefficient (Wildman–Crippen LogP) is 23.6. The molecule has 0 N–H and O–H groups in total. The van der Waals surface area contributed by atoms with E-state index in [1.54, 1.807) is 0 Å². The second-order valence-corrected chi connectivity index (χ2v) is 24.8. The molecule has 0 amide bonds. The Morgan fingerprint density at radius 2 is 0.531 bits per heavy atom. The molecule has 96 heavy (non-hydrogen) atoms. The third-order valence-electron chi connectivity index (χ3n) is 19.4. The van der Waals surface area contributed by atoms with Crippen molar-refractivity contribution in [2.75, 3.05) is 0 Å². The van der Waals surface area contributed by atoms with E-state index < -0.39 is 0 Å². The highest BCUT2D eigenvalue weighted by Gasteiger charge is 2.19. The normalized spacial score (nSPS) is 11.8. The molecule has 16 aromatic carbocycles. The summed E-state index contributed by atoms with van der Waals surface area (Å²) in [7, 11) is 0. The van der Waals surface area contributed by atoms with Crippen LogP contribution < -0.4 is 0 Å². The number of hydrogen-bond donors (Lipinski definition) is 0. The van der Waals surface area contributed by atoms with Gasteiger partial charge in [-0.25, -0.2) is 9.97 Å². The summed E-state index contributed by atoms with van der Waals surface area (Å²) in [5, 5.41) is 16.8. The number of para-hydroxylation sites is 3. The first kappa shape index (κ1) is 54.8. The zero-order chi connectivity index (χ0) is 63.2. The summed E-state index contributed by atoms with van der Waals surface area (Å²) < 4.78 is 4.77. The molecule has 0 aliphatic heterocycles. The minimum atomic E-state index is 0.867. The lowest BCUT2D eigenvalue weighted by Crippen LogP contribution is -1.95. The lowest BCUT2D eigenvalue weighted by atomic mass is 9.96. The van der Waals surface area contributed by atoms with Crippen LogP contribution in [-0.4, -0.2) is 29.1 Å². The Balaban J connectivity index is 0.000000135. The second kappa shape index (κ2) is 22.4. The largest absolute Gasteiger partial charge is 0.309 e. The number of nitrogens with zero attached hydrogens (tertiary/aromatic N) is 6. The van der Waals surface area contributed by atoms with Gasteiger partial charge < -0.3 is 9.13 Å². The molecule has 4 heterocycles. The molecule has 6 nitrogen and oxygen atoms in total. The Labute approximate surface area is 552 Å². The van der Waals surface area contributed by atoms with Gasteiger partial charge in [0.15, 0.2) is 0 Å². The van der Waals surface area contributed by atoms with E-state index in [-0.39, 0.29) is 0 Å². The van der Waals surface area contributed by atoms with E-state index in [0.29, 0.717) is 0 Å². The van der Waals surface area contributed by atoms with Crippen molar-refractivity contribution in [1.29, 1.82) is 0 Å². The predicted molar refractivity (Wildman–Crippen MR) is 402 cm³/mol. The van der Waals surface area contributed by atoms with E-state index in [9.17, 15) is 0 Å². The van der Waals surface area contributed by atoms with Gasteiger partial charge in [-0.2, -0.15) is 0 Å². The quantitative estimate of drug-likeness (QED) is 0.149. The molecule has 0 fully saturated rings. The highest BCUT2D eigenvalue weighted by atomic mass is 15.0. The minimum absolute atomic E-state index is 0.867. The summed E-state index contributed by atoms with van der Waals surface area (Å²) in [6.45, 7) is 0. The summed E-state index contributed by atoms with van der Waals surface area (Å²) in [5.41, 5.74) is 21.8. The van der Waals surface area contributed by atoms with Crippen molar-refractivity contribution < 1.29 is 0 Å². The van der Waals surface area contributed by atoms with Crippen molar-refractivity contribution in [3.8, 4) is 67.3 Å². The van der Waals surface area contributed by atoms with Crippen LogP contribution in [0.1, 0.15) is 0 Å². The lowest BCUT2D eigenvalue weighted by molar-refractivity contribution is 1.18. The molecule has 446 valence electrons. The number of benzene rings is 16. The first-order valence-electron chi connectivity index (χ1n) is 32.7. The van der Waals surface area contributed by atoms with Gasteiger partial charge in [0.1, 0.15) is 0 Å². The van der Waals surface area contributed by atoms with E-state index in [4.69, 9.17) is 19.9 Å². The molecule has 4 aromatic heterocycles. The highest BCUT2D eigenvalue weighted by molar-refractivity contribution is 6.24. The van der Waals surface area contributed by atoms with E-state index in [1.165, 1.54) is 104 Å². The standard InChI is InChI=1S/C46H29N3.C44H27N3/c1-2-16-35(17-3-1)49-43-23-9-8-20-38(43)41-28-33(24-25-44(41)49)31-13-10-12-30(26-31)32-14-11-15-34(27-32)42-29-47-45-39-21-6-4-18-36(39)37-19-5-7-22-40(37)46(45)48-42;1-2-15-32-28(11-1)12-10-22-40(32)47-41-21-8-7-18-35(41)38-26-30(23-24-42(38)47)29-13-9-14-31(25-29)39-27-45-43-36-19-5-3-16-33(36)34-17-4-6-20-37(34)44(43)46-39/h1-29H;1-27H. The van der Waals surface area contributed by atoms with Crippen LogP contribution in [0, 0.1) is 0 Å². The van der Waals surface area contributed by atoms with Crippen LogP contribution in [0.4, 0.5) is 0 Å². The van der Waals surface area contributed by atoms with Crippen LogP contribution in [0.5, 0.6) is 0 Å². The molecule has 0 unspecified atom stereocenters. The summed E-state index contributed by atoms with van der Waals surface area (Å²) in [6, 6.07) is 117. The summed E-state index contributed by atoms with van der Waals surface area (Å²) >= 11 is 0. The fourth-order valence-electron chi connectivity index (χ4n) is 14.9. The van der Waals surface area contributed by atoms with Gasteiger partial charge in [-0.05, 0) is 133 Å². The minimum Gasteiger partial charge on any atom is -0.309 e. The van der Waals surface area contributed by atoms with Gasteiger partial charge in [0, 0.05) is 65.3 Å². The molecule has 0 atom stereocenters. The van der Waals surface area contributed by atoms with Gasteiger partial charge in [-0.1, -0.05) is 255 Å². The first-order chi connectivity index (χ1) is 47.6. The average molecular weight is 1220 g/mol. The van der Waals surface area contributed by atoms with E-state index in [0.717, 1.165) is 82.8 Å². The molecular formula is C90H56N6. The van der Waals surface area contributed by atoms with Crippen molar-refractivity contribution >= 4 is 120 Å². The van der Waals surface area contributed by atoms with Crippen LogP contribution in [-0.2, 0) is 0 Å². The molecule has 6 heteroatoms. The third kappa shape index (κ3) is 9.03. The Bertz CT molecular complexity index is 6460. The van der Waals surface area contributed by atoms with E-state index in [1.807, 2.05) is 12.4 Å². The maximum Gasteiger partial charge on any atom is 0.0979 e. The third-order valence-corrected chi connectivity index (χ3v) is 19.4. The molecular weight excluding hydrogens is 1170 g/mol. The molecule has 20 aromatic rings. The summed E-state index contributed by atoms with van der Waals surface area (Å²) in [4.78, 5) is 20.5. The molecule has 0 spiro atoms. The van der Waals surface area contributed by atoms with Crippen LogP contribution in [0.15, 0.2) is 340 Å². The molecule has 0 aliphatic carbocycles. The van der Waals surface area contributed by atoms with Crippen molar-refractivity contribution in [3.05, 3.63) is 340 Å². The maximum atomic E-state index is 5.25. The van der Waals surface area contributed by atoms with Crippen LogP contribution in [0.3, 0.4) is 0 Å². The number of hydrogen-bond acceptors (Lipinski definition) is 4. The Kier molecular flexibility index (Phi) is 12.8. The van der Waals surface area contributed by atoms with Crippen molar-refractivity contribution in [2.24, 2.45) is 0 Å². The Morgan fingerprint density at radius 1 is 0.198 bits per heavy atom. The van der Waals surface area contributed by atoms with Gasteiger partial charge in [-0.15, -0.1) is 0 Å². The number of aromatic nitrogens is 6. The monoisotopic (exact) mass is 1220 g/mol. The number of rotatable bonds is 7. The van der Waals surface area contributed by atoms with E-state index >= 15 is 0 Å². The zero-order valence-electron chi connectivity index (χ0n) is 52.0. The Morgan fingerprint density at radius 3 is 1.02 bits per heavy atom. The topological polar surface area (TPSA) is 61.4 Å². The molecule has 0 saturated carbocycles. The molecule has 0 bridgehead atoms. The van der Waals surface area contributed by atoms with Crippen molar-refractivity contribution in [2.45, 2.75) is 0 Å². The summed E-state index contributed by atoms with van der Waals surface area (Å²) in [5.74, 6) is 0. The van der Waals surface area contributed by atoms with Crippen LogP contribution in [0.25, 0.3) is 187 Å². The summed E-state index contributed by atoms with van der Waals surface area (Å²) in [6.07, 6.45) is 3.84. The Hall–Kier alpha value is -12.9. The van der Waals surface area contributed by atoms with Gasteiger partial charge >= 0.3 is 0 Å². The zero-order valence-corrected chi connectivity index (χ0v) is 52.0. The molecule has 20 rings (SSSR count). The number of fused-ring (bicyclic) bond motifs is 19. The van der Waals surface area contributed by atoms with Crippen molar-refractivity contribution in [3.63, 3.8) is 0 Å². The lowest BCUT2D eigenvalue weighted by Gasteiger charge is -2.12. The van der Waals surface area contributed by atoms with Gasteiger partial charge in [0.25, 0.3) is 0 Å². The second-order valence-electron chi connectivity index (χ2n) is 24.8. The molecule has 0 saturated heterocycles. The first-order valence-corrected chi connectivity index (χ1v) is 32.7. The molecule has 0 aliphatic rings. The SMILES string of the molecule is c1cc(-c2ccc3c(c2)c2ccccc2n3-c2cccc3ccccc23)cc(-c2cnc3c4ccccc4c4ccccc4c3n2)c1.c1ccc(-n2c3ccccc3c3cc(-c4cccc(-c5cccc(-c6cnc7c8ccccc8c8ccccc8c7n6)c5)c4)ccc32)cc1. The van der Waals surface area contributed by atoms with Crippen LogP contribution in [0.2, 0.25) is 0 Å². The van der Waals surface area contributed by atoms with Gasteiger partial charge in [-0.3, -0.25) is 9.97 Å². The highest BCUT2D eigenvalue weighted by Crippen LogP contribution is 2.42. The van der Waals surface area contributed by atoms with E-state index in [2.05, 4.69) is 337 Å². The molecule has 0 radical (unpaired) electrons. The fraction of sp³-hybridized carbons (Fsp3) is 0. The smallest absolute Gasteiger partial charge is 0.0979 e. The van der Waals surface area contributed by atoms with Gasteiger partial charge in [0.05, 0.1) is 73.6 Å².